The molecule has 1 atom stereocenters. The lowest BCUT2D eigenvalue weighted by molar-refractivity contribution is -0.117. The minimum Gasteiger partial charge on any atom is -0.493 e. The van der Waals surface area contributed by atoms with Crippen molar-refractivity contribution in [1.29, 1.82) is 0 Å². The van der Waals surface area contributed by atoms with Crippen molar-refractivity contribution in [3.63, 3.8) is 0 Å². The van der Waals surface area contributed by atoms with Gasteiger partial charge in [0.05, 0.1) is 18.1 Å². The van der Waals surface area contributed by atoms with Gasteiger partial charge in [-0.15, -0.1) is 0 Å². The molecular formula is C22H23N3O3. The fraction of sp³-hybridized carbons (Fsp3) is 0.318. The van der Waals surface area contributed by atoms with E-state index >= 15 is 0 Å². The van der Waals surface area contributed by atoms with E-state index in [1.807, 2.05) is 62.1 Å². The van der Waals surface area contributed by atoms with Crippen LogP contribution in [0.2, 0.25) is 0 Å². The molecule has 2 heterocycles. The van der Waals surface area contributed by atoms with Crippen molar-refractivity contribution >= 4 is 11.6 Å². The predicted octanol–water partition coefficient (Wildman–Crippen LogP) is 4.27. The highest BCUT2D eigenvalue weighted by Gasteiger charge is 2.35. The summed E-state index contributed by atoms with van der Waals surface area (Å²) in [5.41, 5.74) is 3.99. The van der Waals surface area contributed by atoms with Crippen LogP contribution in [-0.2, 0) is 4.79 Å². The maximum Gasteiger partial charge on any atom is 0.232 e. The number of aryl methyl sites for hydroxylation is 2. The molecule has 0 N–H and O–H groups in total. The summed E-state index contributed by atoms with van der Waals surface area (Å²) in [6.07, 6.45) is 0.363. The summed E-state index contributed by atoms with van der Waals surface area (Å²) in [6, 6.07) is 13.8. The highest BCUT2D eigenvalue weighted by molar-refractivity contribution is 5.96. The number of para-hydroxylation sites is 1. The lowest BCUT2D eigenvalue weighted by atomic mass is 10.1. The molecule has 0 bridgehead atoms. The molecular weight excluding hydrogens is 354 g/mol. The molecule has 4 rings (SSSR count). The van der Waals surface area contributed by atoms with Crippen LogP contribution < -0.4 is 9.64 Å². The second kappa shape index (κ2) is 7.46. The van der Waals surface area contributed by atoms with E-state index in [9.17, 15) is 4.79 Å². The number of carbonyl (C=O) groups excluding carboxylic acids is 1. The summed E-state index contributed by atoms with van der Waals surface area (Å²) >= 11 is 0. The fourth-order valence-corrected chi connectivity index (χ4v) is 3.67. The third-order valence-electron chi connectivity index (χ3n) is 4.86. The summed E-state index contributed by atoms with van der Waals surface area (Å²) < 4.78 is 11.2. The Kier molecular flexibility index (Phi) is 4.86. The van der Waals surface area contributed by atoms with Crippen LogP contribution >= 0.6 is 0 Å². The monoisotopic (exact) mass is 377 g/mol. The number of ether oxygens (including phenoxy) is 1. The molecule has 0 spiro atoms. The van der Waals surface area contributed by atoms with E-state index < -0.39 is 0 Å². The van der Waals surface area contributed by atoms with Crippen LogP contribution in [0.4, 0.5) is 5.69 Å². The number of hydrogen-bond donors (Lipinski definition) is 0. The largest absolute Gasteiger partial charge is 0.493 e. The van der Waals surface area contributed by atoms with Crippen molar-refractivity contribution in [3.8, 4) is 17.1 Å². The minimum absolute atomic E-state index is 0.0736. The lowest BCUT2D eigenvalue weighted by Crippen LogP contribution is -2.24. The number of carbonyl (C=O) groups is 1. The molecule has 28 heavy (non-hydrogen) atoms. The van der Waals surface area contributed by atoms with Crippen LogP contribution in [-0.4, -0.2) is 29.2 Å². The number of aromatic nitrogens is 2. The van der Waals surface area contributed by atoms with Gasteiger partial charge in [-0.3, -0.25) is 4.79 Å². The maximum atomic E-state index is 12.6. The minimum atomic E-state index is -0.117. The average Bonchev–Trinajstić information content (AvgIpc) is 3.28. The first-order chi connectivity index (χ1) is 13.5. The van der Waals surface area contributed by atoms with Crippen LogP contribution in [0, 0.1) is 13.8 Å². The molecule has 144 valence electrons. The Labute approximate surface area is 164 Å². The Hall–Kier alpha value is -3.15. The molecule has 1 aliphatic rings. The van der Waals surface area contributed by atoms with Crippen LogP contribution in [0.25, 0.3) is 11.4 Å². The summed E-state index contributed by atoms with van der Waals surface area (Å²) in [5.74, 6) is 1.65. The second-order valence-corrected chi connectivity index (χ2v) is 7.14. The zero-order valence-electron chi connectivity index (χ0n) is 16.3. The van der Waals surface area contributed by atoms with Gasteiger partial charge in [0.25, 0.3) is 0 Å². The van der Waals surface area contributed by atoms with Gasteiger partial charge >= 0.3 is 0 Å². The van der Waals surface area contributed by atoms with E-state index in [-0.39, 0.29) is 11.8 Å². The third kappa shape index (κ3) is 3.50. The molecule has 1 saturated heterocycles. The molecule has 3 aromatic rings. The predicted molar refractivity (Wildman–Crippen MR) is 107 cm³/mol. The molecule has 0 saturated carbocycles. The molecule has 6 nitrogen and oxygen atoms in total. The Balaban J connectivity index is 1.58. The van der Waals surface area contributed by atoms with Gasteiger partial charge in [0, 0.05) is 18.7 Å². The highest BCUT2D eigenvalue weighted by Crippen LogP contribution is 2.34. The second-order valence-electron chi connectivity index (χ2n) is 7.14. The number of nitrogens with zero attached hydrogens (tertiary/aromatic N) is 3. The summed E-state index contributed by atoms with van der Waals surface area (Å²) in [7, 11) is 0. The van der Waals surface area contributed by atoms with Crippen LogP contribution in [0.3, 0.4) is 0 Å². The molecule has 0 aliphatic carbocycles. The van der Waals surface area contributed by atoms with Gasteiger partial charge in [0.1, 0.15) is 5.75 Å². The summed E-state index contributed by atoms with van der Waals surface area (Å²) in [5, 5.41) is 4.13. The number of anilines is 1. The summed E-state index contributed by atoms with van der Waals surface area (Å²) in [4.78, 5) is 19.0. The van der Waals surface area contributed by atoms with Crippen LogP contribution in [0.15, 0.2) is 47.0 Å². The average molecular weight is 377 g/mol. The fourth-order valence-electron chi connectivity index (χ4n) is 3.67. The standard InChI is InChI=1S/C22H23N3O3/c1-4-27-19-8-6-5-7-18(19)21-23-22(28-24-21)16-12-20(26)25(13-16)17-10-14(2)9-15(3)11-17/h5-11,16H,4,12-13H2,1-3H3. The SMILES string of the molecule is CCOc1ccccc1-c1noc(C2CC(=O)N(c3cc(C)cc(C)c3)C2)n1. The Bertz CT molecular complexity index is 992. The van der Waals surface area contributed by atoms with Gasteiger partial charge in [-0.1, -0.05) is 23.4 Å². The van der Waals surface area contributed by atoms with Gasteiger partial charge in [-0.05, 0) is 56.2 Å². The first-order valence-corrected chi connectivity index (χ1v) is 9.49. The molecule has 1 aromatic heterocycles. The molecule has 1 fully saturated rings. The van der Waals surface area contributed by atoms with Crippen molar-refractivity contribution in [2.45, 2.75) is 33.1 Å². The first-order valence-electron chi connectivity index (χ1n) is 9.49. The highest BCUT2D eigenvalue weighted by atomic mass is 16.5. The van der Waals surface area contributed by atoms with Crippen molar-refractivity contribution in [1.82, 2.24) is 10.1 Å². The number of benzene rings is 2. The number of rotatable bonds is 5. The molecule has 2 aromatic carbocycles. The smallest absolute Gasteiger partial charge is 0.232 e. The van der Waals surface area contributed by atoms with E-state index in [0.717, 1.165) is 28.1 Å². The maximum absolute atomic E-state index is 12.6. The van der Waals surface area contributed by atoms with Gasteiger partial charge in [-0.2, -0.15) is 4.98 Å². The molecule has 6 heteroatoms. The van der Waals surface area contributed by atoms with Crippen molar-refractivity contribution in [2.75, 3.05) is 18.1 Å². The molecule has 0 radical (unpaired) electrons. The Morgan fingerprint density at radius 3 is 2.68 bits per heavy atom. The first kappa shape index (κ1) is 18.2. The van der Waals surface area contributed by atoms with Gasteiger partial charge in [-0.25, -0.2) is 0 Å². The normalized spacial score (nSPS) is 16.6. The van der Waals surface area contributed by atoms with Crippen molar-refractivity contribution in [2.24, 2.45) is 0 Å². The quantitative estimate of drug-likeness (QED) is 0.664. The summed E-state index contributed by atoms with van der Waals surface area (Å²) in [6.45, 7) is 7.10. The molecule has 1 unspecified atom stereocenters. The number of hydrogen-bond acceptors (Lipinski definition) is 5. The van der Waals surface area contributed by atoms with E-state index in [2.05, 4.69) is 16.2 Å². The zero-order valence-corrected chi connectivity index (χ0v) is 16.3. The van der Waals surface area contributed by atoms with Gasteiger partial charge in [0.15, 0.2) is 0 Å². The lowest BCUT2D eigenvalue weighted by Gasteiger charge is -2.17. The van der Waals surface area contributed by atoms with Gasteiger partial charge in [0.2, 0.25) is 17.6 Å². The van der Waals surface area contributed by atoms with E-state index in [0.29, 0.717) is 31.3 Å². The van der Waals surface area contributed by atoms with E-state index in [1.165, 1.54) is 0 Å². The Morgan fingerprint density at radius 2 is 1.93 bits per heavy atom. The van der Waals surface area contributed by atoms with E-state index in [1.54, 1.807) is 0 Å². The molecule has 1 aliphatic heterocycles. The zero-order chi connectivity index (χ0) is 19.7. The van der Waals surface area contributed by atoms with Crippen LogP contribution in [0.5, 0.6) is 5.75 Å². The Morgan fingerprint density at radius 1 is 1.18 bits per heavy atom. The van der Waals surface area contributed by atoms with Crippen molar-refractivity contribution < 1.29 is 14.1 Å². The van der Waals surface area contributed by atoms with Crippen LogP contribution in [0.1, 0.15) is 36.3 Å². The third-order valence-corrected chi connectivity index (χ3v) is 4.86. The van der Waals surface area contributed by atoms with Crippen molar-refractivity contribution in [3.05, 3.63) is 59.5 Å². The number of amides is 1. The topological polar surface area (TPSA) is 68.5 Å². The molecule has 1 amide bonds. The van der Waals surface area contributed by atoms with E-state index in [4.69, 9.17) is 9.26 Å². The van der Waals surface area contributed by atoms with Gasteiger partial charge < -0.3 is 14.2 Å².